The van der Waals surface area contributed by atoms with E-state index in [1.54, 1.807) is 7.05 Å². The first-order chi connectivity index (χ1) is 10.3. The molecule has 6 heteroatoms. The van der Waals surface area contributed by atoms with Crippen LogP contribution >= 0.6 is 24.0 Å². The number of halogens is 1. The number of nitrogens with zero attached hydrogens (tertiary/aromatic N) is 1. The molecule has 0 bridgehead atoms. The summed E-state index contributed by atoms with van der Waals surface area (Å²) in [5.74, 6) is 0.828. The second-order valence-corrected chi connectivity index (χ2v) is 6.31. The minimum absolute atomic E-state index is 0. The van der Waals surface area contributed by atoms with Gasteiger partial charge in [-0.05, 0) is 25.7 Å². The molecule has 0 saturated heterocycles. The van der Waals surface area contributed by atoms with Gasteiger partial charge in [0, 0.05) is 19.1 Å². The van der Waals surface area contributed by atoms with E-state index in [0.717, 1.165) is 18.8 Å². The van der Waals surface area contributed by atoms with E-state index in [-0.39, 0.29) is 29.9 Å². The quantitative estimate of drug-likeness (QED) is 0.371. The second kappa shape index (κ2) is 11.1. The summed E-state index contributed by atoms with van der Waals surface area (Å²) in [5.41, 5.74) is 0. The summed E-state index contributed by atoms with van der Waals surface area (Å²) >= 11 is 0. The van der Waals surface area contributed by atoms with E-state index in [2.05, 4.69) is 20.9 Å². The molecular weight excluding hydrogens is 391 g/mol. The van der Waals surface area contributed by atoms with Crippen molar-refractivity contribution in [3.8, 4) is 0 Å². The first-order valence-electron chi connectivity index (χ1n) is 8.54. The maximum absolute atomic E-state index is 12.0. The minimum Gasteiger partial charge on any atom is -0.354 e. The number of nitrogens with one attached hydrogen (secondary N) is 3. The van der Waals surface area contributed by atoms with E-state index in [1.807, 2.05) is 0 Å². The Morgan fingerprint density at radius 3 is 1.91 bits per heavy atom. The fraction of sp³-hybridized carbons (Fsp3) is 0.875. The van der Waals surface area contributed by atoms with Gasteiger partial charge in [0.05, 0.1) is 6.54 Å². The van der Waals surface area contributed by atoms with Crippen LogP contribution in [0, 0.1) is 0 Å². The molecule has 0 unspecified atom stereocenters. The molecule has 1 amide bonds. The summed E-state index contributed by atoms with van der Waals surface area (Å²) in [7, 11) is 1.76. The number of guanidine groups is 1. The van der Waals surface area contributed by atoms with Crippen molar-refractivity contribution in [3.63, 3.8) is 0 Å². The van der Waals surface area contributed by atoms with Gasteiger partial charge in [-0.15, -0.1) is 24.0 Å². The molecule has 128 valence electrons. The largest absolute Gasteiger partial charge is 0.354 e. The van der Waals surface area contributed by atoms with E-state index in [0.29, 0.717) is 18.6 Å². The molecule has 0 aliphatic heterocycles. The topological polar surface area (TPSA) is 65.5 Å². The Hall–Kier alpha value is -0.530. The lowest BCUT2D eigenvalue weighted by Gasteiger charge is -2.25. The van der Waals surface area contributed by atoms with Crippen molar-refractivity contribution in [3.05, 3.63) is 0 Å². The molecule has 2 rings (SSSR count). The van der Waals surface area contributed by atoms with Crippen LogP contribution in [0.1, 0.15) is 64.2 Å². The van der Waals surface area contributed by atoms with Crippen LogP contribution < -0.4 is 16.0 Å². The summed E-state index contributed by atoms with van der Waals surface area (Å²) in [6.07, 6.45) is 12.4. The van der Waals surface area contributed by atoms with Gasteiger partial charge in [-0.25, -0.2) is 0 Å². The number of carbonyl (C=O) groups excluding carboxylic acids is 1. The van der Waals surface area contributed by atoms with Crippen molar-refractivity contribution in [2.75, 3.05) is 13.6 Å². The minimum atomic E-state index is 0. The smallest absolute Gasteiger partial charge is 0.239 e. The highest BCUT2D eigenvalue weighted by molar-refractivity contribution is 14.0. The summed E-state index contributed by atoms with van der Waals surface area (Å²) in [5, 5.41) is 9.67. The van der Waals surface area contributed by atoms with Crippen molar-refractivity contribution in [1.82, 2.24) is 16.0 Å². The lowest BCUT2D eigenvalue weighted by molar-refractivity contribution is -0.120. The lowest BCUT2D eigenvalue weighted by Crippen LogP contribution is -2.48. The molecule has 2 aliphatic carbocycles. The fourth-order valence-corrected chi connectivity index (χ4v) is 3.32. The molecule has 5 nitrogen and oxygen atoms in total. The van der Waals surface area contributed by atoms with Gasteiger partial charge >= 0.3 is 0 Å². The standard InChI is InChI=1S/C16H30N4O.HI/c1-17-16(20-14-10-6-3-7-11-14)18-12-15(21)19-13-8-4-2-5-9-13;/h13-14H,2-12H2,1H3,(H,19,21)(H2,17,18,20);1H. The van der Waals surface area contributed by atoms with Crippen molar-refractivity contribution >= 4 is 35.8 Å². The number of carbonyl (C=O) groups is 1. The first-order valence-corrected chi connectivity index (χ1v) is 8.54. The number of rotatable bonds is 4. The van der Waals surface area contributed by atoms with Crippen LogP contribution in [0.25, 0.3) is 0 Å². The maximum atomic E-state index is 12.0. The maximum Gasteiger partial charge on any atom is 0.239 e. The van der Waals surface area contributed by atoms with E-state index in [4.69, 9.17) is 0 Å². The van der Waals surface area contributed by atoms with Crippen molar-refractivity contribution in [2.24, 2.45) is 4.99 Å². The zero-order valence-corrected chi connectivity index (χ0v) is 16.0. The molecule has 0 aromatic heterocycles. The average Bonchev–Trinajstić information content (AvgIpc) is 2.53. The predicted octanol–water partition coefficient (Wildman–Crippen LogP) is 2.55. The van der Waals surface area contributed by atoms with Gasteiger partial charge in [0.25, 0.3) is 0 Å². The van der Waals surface area contributed by atoms with Crippen molar-refractivity contribution < 1.29 is 4.79 Å². The molecule has 0 spiro atoms. The van der Waals surface area contributed by atoms with Crippen molar-refractivity contribution in [1.29, 1.82) is 0 Å². The molecule has 0 atom stereocenters. The molecule has 2 saturated carbocycles. The zero-order valence-electron chi connectivity index (χ0n) is 13.7. The molecule has 0 aromatic carbocycles. The highest BCUT2D eigenvalue weighted by Gasteiger charge is 2.17. The molecule has 0 radical (unpaired) electrons. The highest BCUT2D eigenvalue weighted by atomic mass is 127. The molecule has 0 heterocycles. The number of amides is 1. The molecule has 2 fully saturated rings. The average molecular weight is 422 g/mol. The van der Waals surface area contributed by atoms with Crippen molar-refractivity contribution in [2.45, 2.75) is 76.3 Å². The van der Waals surface area contributed by atoms with E-state index < -0.39 is 0 Å². The molecule has 3 N–H and O–H groups in total. The number of hydrogen-bond acceptors (Lipinski definition) is 2. The van der Waals surface area contributed by atoms with E-state index >= 15 is 0 Å². The summed E-state index contributed by atoms with van der Waals surface area (Å²) in [4.78, 5) is 16.2. The molecule has 22 heavy (non-hydrogen) atoms. The Bertz CT molecular complexity index is 350. The van der Waals surface area contributed by atoms with Crippen LogP contribution in [0.2, 0.25) is 0 Å². The van der Waals surface area contributed by atoms with E-state index in [1.165, 1.54) is 51.4 Å². The fourth-order valence-electron chi connectivity index (χ4n) is 3.32. The van der Waals surface area contributed by atoms with Crippen LogP contribution in [0.5, 0.6) is 0 Å². The Morgan fingerprint density at radius 1 is 0.909 bits per heavy atom. The van der Waals surface area contributed by atoms with Crippen LogP contribution in [-0.2, 0) is 4.79 Å². The Labute approximate surface area is 151 Å². The van der Waals surface area contributed by atoms with E-state index in [9.17, 15) is 4.79 Å². The Kier molecular flexibility index (Phi) is 9.82. The number of hydrogen-bond donors (Lipinski definition) is 3. The predicted molar refractivity (Wildman–Crippen MR) is 102 cm³/mol. The van der Waals surface area contributed by atoms with Crippen LogP contribution in [-0.4, -0.2) is 37.5 Å². The van der Waals surface area contributed by atoms with Crippen LogP contribution in [0.3, 0.4) is 0 Å². The van der Waals surface area contributed by atoms with Gasteiger partial charge in [-0.2, -0.15) is 0 Å². The third-order valence-corrected chi connectivity index (χ3v) is 4.56. The highest BCUT2D eigenvalue weighted by Crippen LogP contribution is 2.17. The monoisotopic (exact) mass is 422 g/mol. The zero-order chi connectivity index (χ0) is 14.9. The van der Waals surface area contributed by atoms with Crippen LogP contribution in [0.4, 0.5) is 0 Å². The van der Waals surface area contributed by atoms with Gasteiger partial charge < -0.3 is 16.0 Å². The van der Waals surface area contributed by atoms with Crippen LogP contribution in [0.15, 0.2) is 4.99 Å². The molecule has 0 aromatic rings. The van der Waals surface area contributed by atoms with Gasteiger partial charge in [0.2, 0.25) is 5.91 Å². The third-order valence-electron chi connectivity index (χ3n) is 4.56. The SMILES string of the molecule is CN=C(NCC(=O)NC1CCCCC1)NC1CCCCC1.I. The van der Waals surface area contributed by atoms with Gasteiger partial charge in [0.1, 0.15) is 0 Å². The van der Waals surface area contributed by atoms with Gasteiger partial charge in [-0.3, -0.25) is 9.79 Å². The normalized spacial score (nSPS) is 20.9. The Morgan fingerprint density at radius 2 is 1.41 bits per heavy atom. The number of aliphatic imine (C=N–C) groups is 1. The Balaban J connectivity index is 0.00000242. The lowest BCUT2D eigenvalue weighted by atomic mass is 9.95. The second-order valence-electron chi connectivity index (χ2n) is 6.31. The summed E-state index contributed by atoms with van der Waals surface area (Å²) in [6.45, 7) is 0.308. The first kappa shape index (κ1) is 19.5. The third kappa shape index (κ3) is 7.15. The summed E-state index contributed by atoms with van der Waals surface area (Å²) < 4.78 is 0. The van der Waals surface area contributed by atoms with Gasteiger partial charge in [0.15, 0.2) is 5.96 Å². The molecular formula is C16H31IN4O. The van der Waals surface area contributed by atoms with Gasteiger partial charge in [-0.1, -0.05) is 38.5 Å². The summed E-state index contributed by atoms with van der Waals surface area (Å²) in [6, 6.07) is 0.882. The molecule has 2 aliphatic rings.